The second-order valence-corrected chi connectivity index (χ2v) is 3.86. The van der Waals surface area contributed by atoms with E-state index in [0.717, 1.165) is 0 Å². The standard InChI is InChI=1S/C7H14INO3/c1-7(2,3)12-6(10)9-4-5-11-8/h4-5H2,1-3H3,(H,9,10). The zero-order valence-electron chi connectivity index (χ0n) is 7.52. The molecule has 4 nitrogen and oxygen atoms in total. The molecule has 1 N–H and O–H groups in total. The van der Waals surface area contributed by atoms with Gasteiger partial charge in [0.25, 0.3) is 0 Å². The number of carbonyl (C=O) groups is 1. The molecule has 0 atom stereocenters. The van der Waals surface area contributed by atoms with Gasteiger partial charge in [0.15, 0.2) is 0 Å². The Hall–Kier alpha value is -0.0400. The maximum absolute atomic E-state index is 10.9. The molecule has 0 heterocycles. The van der Waals surface area contributed by atoms with Gasteiger partial charge >= 0.3 is 6.09 Å². The van der Waals surface area contributed by atoms with Crippen LogP contribution < -0.4 is 5.32 Å². The molecule has 0 aromatic heterocycles. The molecule has 5 heteroatoms. The monoisotopic (exact) mass is 287 g/mol. The van der Waals surface area contributed by atoms with E-state index in [0.29, 0.717) is 13.2 Å². The predicted molar refractivity (Wildman–Crippen MR) is 54.2 cm³/mol. The molecule has 0 radical (unpaired) electrons. The fourth-order valence-electron chi connectivity index (χ4n) is 0.506. The summed E-state index contributed by atoms with van der Waals surface area (Å²) in [5.74, 6) is 0. The zero-order chi connectivity index (χ0) is 9.61. The van der Waals surface area contributed by atoms with Gasteiger partial charge in [0.2, 0.25) is 0 Å². The van der Waals surface area contributed by atoms with Crippen molar-refractivity contribution in [3.05, 3.63) is 0 Å². The normalized spacial score (nSPS) is 11.0. The van der Waals surface area contributed by atoms with E-state index < -0.39 is 11.7 Å². The first-order chi connectivity index (χ1) is 5.45. The van der Waals surface area contributed by atoms with Crippen LogP contribution in [0, 0.1) is 0 Å². The minimum atomic E-state index is -0.435. The minimum Gasteiger partial charge on any atom is -0.444 e. The third kappa shape index (κ3) is 8.06. The van der Waals surface area contributed by atoms with E-state index in [1.165, 1.54) is 0 Å². The van der Waals surface area contributed by atoms with Crippen molar-refractivity contribution in [3.63, 3.8) is 0 Å². The summed E-state index contributed by atoms with van der Waals surface area (Å²) in [5, 5.41) is 2.55. The lowest BCUT2D eigenvalue weighted by Gasteiger charge is -2.19. The Morgan fingerprint density at radius 1 is 1.50 bits per heavy atom. The third-order valence-electron chi connectivity index (χ3n) is 0.847. The molecule has 0 saturated heterocycles. The van der Waals surface area contributed by atoms with E-state index in [2.05, 4.69) is 5.32 Å². The number of amides is 1. The summed E-state index contributed by atoms with van der Waals surface area (Å²) >= 11 is 1.77. The van der Waals surface area contributed by atoms with Gasteiger partial charge in [0.1, 0.15) is 28.6 Å². The molecule has 0 spiro atoms. The number of carbonyl (C=O) groups excluding carboxylic acids is 1. The van der Waals surface area contributed by atoms with Crippen molar-refractivity contribution in [1.82, 2.24) is 5.32 Å². The summed E-state index contributed by atoms with van der Waals surface area (Å²) < 4.78 is 9.70. The first kappa shape index (κ1) is 12.0. The molecule has 0 aliphatic carbocycles. The number of alkyl carbamates (subject to hydrolysis) is 1. The van der Waals surface area contributed by atoms with Crippen LogP contribution in [0.1, 0.15) is 20.8 Å². The van der Waals surface area contributed by atoms with Crippen molar-refractivity contribution in [2.75, 3.05) is 13.2 Å². The molecule has 0 aliphatic rings. The van der Waals surface area contributed by atoms with Gasteiger partial charge in [0, 0.05) is 6.54 Å². The number of hydrogen-bond donors (Lipinski definition) is 1. The molecule has 0 aromatic rings. The van der Waals surface area contributed by atoms with Crippen molar-refractivity contribution < 1.29 is 12.6 Å². The van der Waals surface area contributed by atoms with Crippen molar-refractivity contribution in [1.29, 1.82) is 0 Å². The van der Waals surface area contributed by atoms with Crippen LogP contribution >= 0.6 is 23.0 Å². The molecule has 0 unspecified atom stereocenters. The Morgan fingerprint density at radius 2 is 2.08 bits per heavy atom. The van der Waals surface area contributed by atoms with Crippen molar-refractivity contribution in [2.24, 2.45) is 0 Å². The quantitative estimate of drug-likeness (QED) is 0.637. The lowest BCUT2D eigenvalue weighted by molar-refractivity contribution is 0.0523. The average molecular weight is 287 g/mol. The highest BCUT2D eigenvalue weighted by molar-refractivity contribution is 14.1. The van der Waals surface area contributed by atoms with Crippen LogP contribution in [0.25, 0.3) is 0 Å². The number of ether oxygens (including phenoxy) is 1. The van der Waals surface area contributed by atoms with Crippen LogP contribution in [-0.4, -0.2) is 24.8 Å². The van der Waals surface area contributed by atoms with Gasteiger partial charge in [0.05, 0.1) is 6.61 Å². The SMILES string of the molecule is CC(C)(C)OC(=O)NCCOI. The van der Waals surface area contributed by atoms with E-state index in [4.69, 9.17) is 7.80 Å². The summed E-state index contributed by atoms with van der Waals surface area (Å²) in [4.78, 5) is 10.9. The highest BCUT2D eigenvalue weighted by Crippen LogP contribution is 2.05. The maximum Gasteiger partial charge on any atom is 0.407 e. The number of hydrogen-bond acceptors (Lipinski definition) is 3. The Balaban J connectivity index is 3.47. The van der Waals surface area contributed by atoms with Gasteiger partial charge in [-0.15, -0.1) is 0 Å². The molecule has 0 fully saturated rings. The summed E-state index contributed by atoms with van der Waals surface area (Å²) in [5.41, 5.74) is -0.435. The van der Waals surface area contributed by atoms with Crippen LogP contribution in [0.4, 0.5) is 4.79 Å². The van der Waals surface area contributed by atoms with Gasteiger partial charge in [-0.2, -0.15) is 0 Å². The summed E-state index contributed by atoms with van der Waals surface area (Å²) in [6.07, 6.45) is -0.407. The lowest BCUT2D eigenvalue weighted by atomic mass is 10.2. The van der Waals surface area contributed by atoms with E-state index in [-0.39, 0.29) is 0 Å². The van der Waals surface area contributed by atoms with Gasteiger partial charge in [-0.1, -0.05) is 0 Å². The Bertz CT molecular complexity index is 144. The molecular formula is C7H14INO3. The maximum atomic E-state index is 10.9. The van der Waals surface area contributed by atoms with Gasteiger partial charge in [-0.05, 0) is 20.8 Å². The Labute approximate surface area is 86.7 Å². The van der Waals surface area contributed by atoms with E-state index in [1.54, 1.807) is 23.0 Å². The molecule has 0 aliphatic heterocycles. The Kier molecular flexibility index (Phi) is 5.56. The molecular weight excluding hydrogens is 273 g/mol. The first-order valence-electron chi connectivity index (χ1n) is 3.66. The first-order valence-corrected chi connectivity index (χ1v) is 4.54. The van der Waals surface area contributed by atoms with Gasteiger partial charge in [-0.25, -0.2) is 4.79 Å². The number of rotatable bonds is 3. The second-order valence-electron chi connectivity index (χ2n) is 3.24. The predicted octanol–water partition coefficient (Wildman–Crippen LogP) is 1.88. The van der Waals surface area contributed by atoms with Crippen molar-refractivity contribution in [3.8, 4) is 0 Å². The second kappa shape index (κ2) is 5.58. The number of nitrogens with one attached hydrogen (secondary N) is 1. The van der Waals surface area contributed by atoms with Gasteiger partial charge in [-0.3, -0.25) is 0 Å². The van der Waals surface area contributed by atoms with E-state index in [9.17, 15) is 4.79 Å². The van der Waals surface area contributed by atoms with Crippen LogP contribution in [0.3, 0.4) is 0 Å². The number of halogens is 1. The average Bonchev–Trinajstić information content (AvgIpc) is 1.84. The molecule has 1 amide bonds. The van der Waals surface area contributed by atoms with Crippen LogP contribution in [-0.2, 0) is 7.80 Å². The smallest absolute Gasteiger partial charge is 0.407 e. The molecule has 0 aromatic carbocycles. The van der Waals surface area contributed by atoms with Crippen molar-refractivity contribution in [2.45, 2.75) is 26.4 Å². The Morgan fingerprint density at radius 3 is 2.50 bits per heavy atom. The van der Waals surface area contributed by atoms with Crippen LogP contribution in [0.5, 0.6) is 0 Å². The van der Waals surface area contributed by atoms with Gasteiger partial charge < -0.3 is 13.1 Å². The molecule has 0 rings (SSSR count). The highest BCUT2D eigenvalue weighted by atomic mass is 127. The summed E-state index contributed by atoms with van der Waals surface area (Å²) in [6, 6.07) is 0. The highest BCUT2D eigenvalue weighted by Gasteiger charge is 2.15. The largest absolute Gasteiger partial charge is 0.444 e. The molecule has 72 valence electrons. The fourth-order valence-corrected chi connectivity index (χ4v) is 0.726. The minimum absolute atomic E-state index is 0.407. The fraction of sp³-hybridized carbons (Fsp3) is 0.857. The van der Waals surface area contributed by atoms with E-state index >= 15 is 0 Å². The third-order valence-corrected chi connectivity index (χ3v) is 1.29. The summed E-state index contributed by atoms with van der Waals surface area (Å²) in [6.45, 7) is 6.42. The molecule has 0 bridgehead atoms. The van der Waals surface area contributed by atoms with E-state index in [1.807, 2.05) is 20.8 Å². The molecule has 12 heavy (non-hydrogen) atoms. The zero-order valence-corrected chi connectivity index (χ0v) is 9.67. The topological polar surface area (TPSA) is 47.6 Å². The van der Waals surface area contributed by atoms with Crippen LogP contribution in [0.2, 0.25) is 0 Å². The lowest BCUT2D eigenvalue weighted by Crippen LogP contribution is -2.33. The molecule has 0 saturated carbocycles. The van der Waals surface area contributed by atoms with Crippen molar-refractivity contribution >= 4 is 29.1 Å². The van der Waals surface area contributed by atoms with Crippen LogP contribution in [0.15, 0.2) is 0 Å². The summed E-state index contributed by atoms with van der Waals surface area (Å²) in [7, 11) is 0.